The highest BCUT2D eigenvalue weighted by Crippen LogP contribution is 2.15. The van der Waals surface area contributed by atoms with Crippen molar-refractivity contribution in [2.75, 3.05) is 19.6 Å². The number of amides is 9. The van der Waals surface area contributed by atoms with Gasteiger partial charge in [-0.25, -0.2) is 14.8 Å². The molecule has 0 bridgehead atoms. The molecule has 26 N–H and O–H groups in total. The number of carboxylic acid groups (broad SMARTS) is 4. The molecule has 37 nitrogen and oxygen atoms in total. The molecule has 0 spiro atoms. The fourth-order valence-corrected chi connectivity index (χ4v) is 9.75. The van der Waals surface area contributed by atoms with Gasteiger partial charge in [0, 0.05) is 51.0 Å². The van der Waals surface area contributed by atoms with Crippen molar-refractivity contribution in [2.24, 2.45) is 22.9 Å². The van der Waals surface area contributed by atoms with E-state index in [2.05, 4.69) is 73.1 Å². The number of phenolic OH excluding ortho intramolecular Hbond substituents is 1. The molecule has 0 fully saturated rings. The molecule has 4 aromatic rings. The van der Waals surface area contributed by atoms with E-state index < -0.39 is 170 Å². The normalized spacial score (nSPS) is 14.0. The Morgan fingerprint density at radius 3 is 1.23 bits per heavy atom. The summed E-state index contributed by atoms with van der Waals surface area (Å²) >= 11 is 0. The Morgan fingerprint density at radius 2 is 0.816 bits per heavy atom. The number of hydrogen-bond acceptors (Lipinski definition) is 20. The van der Waals surface area contributed by atoms with Crippen LogP contribution in [0.5, 0.6) is 5.75 Å². The van der Waals surface area contributed by atoms with E-state index in [1.54, 1.807) is 30.3 Å². The van der Waals surface area contributed by atoms with E-state index in [4.69, 9.17) is 28.3 Å². The first-order valence-electron chi connectivity index (χ1n) is 31.3. The number of aliphatic carboxylic acids is 4. The van der Waals surface area contributed by atoms with E-state index in [0.717, 1.165) is 0 Å². The molecule has 4 rings (SSSR count). The van der Waals surface area contributed by atoms with Crippen LogP contribution in [0.4, 0.5) is 0 Å². The number of carbonyl (C=O) groups is 13. The van der Waals surface area contributed by atoms with Gasteiger partial charge in [0.05, 0.1) is 42.9 Å². The number of hydrogen-bond donors (Lipinski definition) is 22. The van der Waals surface area contributed by atoms with Gasteiger partial charge in [0.25, 0.3) is 0 Å². The van der Waals surface area contributed by atoms with E-state index in [9.17, 15) is 87.9 Å². The Bertz CT molecular complexity index is 3310. The van der Waals surface area contributed by atoms with Crippen LogP contribution in [0.3, 0.4) is 0 Å². The van der Waals surface area contributed by atoms with Crippen LogP contribution >= 0.6 is 0 Å². The van der Waals surface area contributed by atoms with Gasteiger partial charge in [-0.1, -0.05) is 42.5 Å². The summed E-state index contributed by atoms with van der Waals surface area (Å²) in [5.74, 6) is -17.0. The van der Waals surface area contributed by atoms with Gasteiger partial charge in [-0.3, -0.25) is 62.9 Å². The summed E-state index contributed by atoms with van der Waals surface area (Å²) in [6, 6.07) is -3.20. The Labute approximate surface area is 561 Å². The average molecular weight is 1370 g/mol. The van der Waals surface area contributed by atoms with E-state index in [1.807, 2.05) is 0 Å². The lowest BCUT2D eigenvalue weighted by atomic mass is 10.0. The van der Waals surface area contributed by atoms with Gasteiger partial charge < -0.3 is 112 Å². The molecular formula is C61H87N19O18. The van der Waals surface area contributed by atoms with Gasteiger partial charge in [-0.15, -0.1) is 0 Å². The number of H-pyrrole nitrogens is 2. The summed E-state index contributed by atoms with van der Waals surface area (Å²) in [6.45, 7) is 0.492. The number of carbonyl (C=O) groups excluding carboxylic acids is 9. The molecule has 0 aliphatic carbocycles. The molecule has 10 atom stereocenters. The number of aromatic nitrogens is 4. The largest absolute Gasteiger partial charge is 0.508 e. The molecule has 534 valence electrons. The maximum absolute atomic E-state index is 14.7. The predicted octanol–water partition coefficient (Wildman–Crippen LogP) is -4.78. The van der Waals surface area contributed by atoms with Crippen LogP contribution < -0.4 is 76.1 Å². The number of aromatic amines is 2. The first-order valence-corrected chi connectivity index (χ1v) is 31.3. The third-order valence-electron chi connectivity index (χ3n) is 14.9. The van der Waals surface area contributed by atoms with Crippen LogP contribution in [0.25, 0.3) is 0 Å². The Morgan fingerprint density at radius 1 is 0.439 bits per heavy atom. The SMILES string of the molecule is N=C(N)NCCC[C@H](NC(=O)[C@@H](CCCCN)NC(=O)[C@@H](Cc1c[nH]cn1)NC(=O)[C@@H](CC(=O)O)NC(=O)[C@@H](CC(=O)O)NC(=O)[C@H](CCC(=O)O)NC(=O)[C@@H](Cc1ccccc1)NC(=O)[C@H](Cc1ccc(O)cc1)NC(=O)[C@H](CCCCN)NC(=O)[C@H](N)Cc1c[nH]cn1)C(=O)O. The topological polar surface area (TPSA) is 629 Å². The van der Waals surface area contributed by atoms with Gasteiger partial charge in [-0.05, 0) is 94.1 Å². The summed E-state index contributed by atoms with van der Waals surface area (Å²) in [5.41, 5.74) is 24.3. The smallest absolute Gasteiger partial charge is 0.326 e. The zero-order valence-corrected chi connectivity index (χ0v) is 53.5. The summed E-state index contributed by atoms with van der Waals surface area (Å²) in [5, 5.41) is 81.2. The molecular weight excluding hydrogens is 1290 g/mol. The maximum atomic E-state index is 14.7. The number of nitrogens with two attached hydrogens (primary N) is 4. The van der Waals surface area contributed by atoms with Crippen molar-refractivity contribution in [1.82, 2.24) is 73.1 Å². The first-order chi connectivity index (χ1) is 46.7. The van der Waals surface area contributed by atoms with E-state index in [1.165, 1.54) is 49.3 Å². The number of rotatable bonds is 46. The van der Waals surface area contributed by atoms with Crippen molar-refractivity contribution >= 4 is 83.0 Å². The van der Waals surface area contributed by atoms with Crippen LogP contribution in [-0.2, 0) is 88.0 Å². The van der Waals surface area contributed by atoms with Gasteiger partial charge in [0.1, 0.15) is 60.1 Å². The number of phenols is 1. The molecule has 0 radical (unpaired) electrons. The standard InChI is InChI=1S/C61H87N19O18/c62-20-6-4-11-39(72-51(88)38(64)25-35-29-67-31-70-35)53(90)76-44(24-34-14-16-37(81)17-15-34)56(93)77-43(23-33-9-2-1-3-10-33)55(92)74-41(18-19-48(82)83)54(91)79-46(27-49(84)85)59(96)80-47(28-50(86)87)58(95)78-45(26-36-30-68-32-71-36)57(94)73-40(12-5-7-21-63)52(89)75-42(60(97)98)13-8-22-69-61(65)66/h1-3,9-10,14-17,29-32,38-47,81H,4-8,11-13,18-28,62-64H2,(H,67,70)(H,68,71)(H,72,88)(H,73,94)(H,74,92)(H,75,89)(H,76,90)(H,77,93)(H,78,95)(H,79,91)(H,80,96)(H,82,83)(H,84,85)(H,86,87)(H,97,98)(H4,65,66,69)/t38-,39+,40-,41+,42+,43-,44+,45-,46-,47-/m1/s1. The third kappa shape index (κ3) is 29.3. The monoisotopic (exact) mass is 1370 g/mol. The molecule has 37 heteroatoms. The Hall–Kier alpha value is -11.1. The molecule has 2 aromatic heterocycles. The van der Waals surface area contributed by atoms with E-state index in [-0.39, 0.29) is 88.4 Å². The molecule has 0 saturated heterocycles. The Balaban J connectivity index is 1.64. The zero-order chi connectivity index (χ0) is 72.3. The minimum atomic E-state index is -2.23. The molecule has 0 unspecified atom stereocenters. The van der Waals surface area contributed by atoms with E-state index in [0.29, 0.717) is 36.1 Å². The fourth-order valence-electron chi connectivity index (χ4n) is 9.75. The minimum Gasteiger partial charge on any atom is -0.508 e. The number of imidazole rings is 2. The fraction of sp³-hybridized carbons (Fsp3) is 0.475. The molecule has 0 aliphatic rings. The second-order valence-corrected chi connectivity index (χ2v) is 22.8. The van der Waals surface area contributed by atoms with Crippen LogP contribution in [0.1, 0.15) is 99.6 Å². The number of carboxylic acids is 4. The molecule has 2 heterocycles. The molecule has 0 saturated carbocycles. The van der Waals surface area contributed by atoms with Crippen molar-refractivity contribution in [3.63, 3.8) is 0 Å². The number of nitrogens with one attached hydrogen (secondary N) is 13. The Kier molecular flexibility index (Phi) is 33.8. The predicted molar refractivity (Wildman–Crippen MR) is 346 cm³/mol. The minimum absolute atomic E-state index is 0.00579. The van der Waals surface area contributed by atoms with Gasteiger partial charge in [0.2, 0.25) is 53.2 Å². The third-order valence-corrected chi connectivity index (χ3v) is 14.9. The first kappa shape index (κ1) is 79.4. The van der Waals surface area contributed by atoms with E-state index >= 15 is 0 Å². The number of benzene rings is 2. The average Bonchev–Trinajstić information content (AvgIpc) is 0.888. The maximum Gasteiger partial charge on any atom is 0.326 e. The lowest BCUT2D eigenvalue weighted by Gasteiger charge is -2.28. The van der Waals surface area contributed by atoms with Crippen LogP contribution in [0.2, 0.25) is 0 Å². The highest BCUT2D eigenvalue weighted by atomic mass is 16.4. The zero-order valence-electron chi connectivity index (χ0n) is 53.5. The highest BCUT2D eigenvalue weighted by molar-refractivity contribution is 6.00. The second kappa shape index (κ2) is 41.7. The van der Waals surface area contributed by atoms with Crippen molar-refractivity contribution in [2.45, 2.75) is 163 Å². The summed E-state index contributed by atoms with van der Waals surface area (Å²) in [6.07, 6.45) is 1.54. The number of nitrogens with zero attached hydrogens (tertiary/aromatic N) is 2. The van der Waals surface area contributed by atoms with Crippen LogP contribution in [-0.4, -0.2) is 209 Å². The summed E-state index contributed by atoms with van der Waals surface area (Å²) in [4.78, 5) is 190. The lowest BCUT2D eigenvalue weighted by molar-refractivity contribution is -0.144. The number of aromatic hydroxyl groups is 1. The number of guanidine groups is 1. The van der Waals surface area contributed by atoms with Crippen molar-refractivity contribution in [3.05, 3.63) is 102 Å². The van der Waals surface area contributed by atoms with Crippen molar-refractivity contribution in [1.29, 1.82) is 5.41 Å². The molecule has 98 heavy (non-hydrogen) atoms. The number of unbranched alkanes of at least 4 members (excludes halogenated alkanes) is 2. The second-order valence-electron chi connectivity index (χ2n) is 22.8. The summed E-state index contributed by atoms with van der Waals surface area (Å²) in [7, 11) is 0. The van der Waals surface area contributed by atoms with Gasteiger partial charge in [-0.2, -0.15) is 0 Å². The van der Waals surface area contributed by atoms with Crippen LogP contribution in [0, 0.1) is 5.41 Å². The lowest BCUT2D eigenvalue weighted by Crippen LogP contribution is -2.61. The van der Waals surface area contributed by atoms with Crippen molar-refractivity contribution < 1.29 is 87.9 Å². The molecule has 2 aromatic carbocycles. The van der Waals surface area contributed by atoms with Gasteiger partial charge in [0.15, 0.2) is 5.96 Å². The molecule has 0 aliphatic heterocycles. The van der Waals surface area contributed by atoms with Crippen LogP contribution in [0.15, 0.2) is 79.6 Å². The van der Waals surface area contributed by atoms with Crippen molar-refractivity contribution in [3.8, 4) is 5.75 Å². The van der Waals surface area contributed by atoms with Gasteiger partial charge >= 0.3 is 23.9 Å². The molecule has 9 amide bonds. The quantitative estimate of drug-likeness (QED) is 0.0112. The summed E-state index contributed by atoms with van der Waals surface area (Å²) < 4.78 is 0. The highest BCUT2D eigenvalue weighted by Gasteiger charge is 2.37.